The van der Waals surface area contributed by atoms with Crippen LogP contribution in [0.2, 0.25) is 0 Å². The lowest BCUT2D eigenvalue weighted by Gasteiger charge is -2.20. The normalized spacial score (nSPS) is 18.2. The summed E-state index contributed by atoms with van der Waals surface area (Å²) in [6, 6.07) is 0.516. The van der Waals surface area contributed by atoms with Gasteiger partial charge < -0.3 is 5.32 Å². The van der Waals surface area contributed by atoms with Crippen molar-refractivity contribution < 1.29 is 0 Å². The highest BCUT2D eigenvalue weighted by Gasteiger charge is 2.11. The molecule has 0 aromatic carbocycles. The van der Waals surface area contributed by atoms with Gasteiger partial charge in [-0.05, 0) is 39.5 Å². The number of hydrogen-bond donors (Lipinski definition) is 1. The molecule has 0 bridgehead atoms. The summed E-state index contributed by atoms with van der Waals surface area (Å²) >= 11 is 1.75. The summed E-state index contributed by atoms with van der Waals surface area (Å²) in [5.74, 6) is 0. The van der Waals surface area contributed by atoms with Gasteiger partial charge in [-0.2, -0.15) is 0 Å². The zero-order valence-corrected chi connectivity index (χ0v) is 10.9. The summed E-state index contributed by atoms with van der Waals surface area (Å²) in [7, 11) is 0. The van der Waals surface area contributed by atoms with Gasteiger partial charge >= 0.3 is 0 Å². The zero-order valence-electron chi connectivity index (χ0n) is 10.1. The molecule has 16 heavy (non-hydrogen) atoms. The molecule has 0 spiro atoms. The van der Waals surface area contributed by atoms with Gasteiger partial charge in [0.15, 0.2) is 0 Å². The number of rotatable bonds is 4. The van der Waals surface area contributed by atoms with Crippen molar-refractivity contribution in [1.29, 1.82) is 0 Å². The highest BCUT2D eigenvalue weighted by atomic mass is 32.1. The lowest BCUT2D eigenvalue weighted by molar-refractivity contribution is 0.561. The summed E-state index contributed by atoms with van der Waals surface area (Å²) in [6.07, 6.45) is 7.68. The Hall–Kier alpha value is -0.670. The van der Waals surface area contributed by atoms with Crippen LogP contribution in [-0.4, -0.2) is 11.0 Å². The minimum absolute atomic E-state index is 0.516. The van der Waals surface area contributed by atoms with Crippen LogP contribution in [0.3, 0.4) is 0 Å². The van der Waals surface area contributed by atoms with E-state index in [0.717, 1.165) is 6.54 Å². The molecular formula is C13H20N2S. The molecule has 1 aliphatic carbocycles. The maximum absolute atomic E-state index is 4.27. The van der Waals surface area contributed by atoms with E-state index in [1.165, 1.54) is 36.3 Å². The molecule has 0 aliphatic heterocycles. The van der Waals surface area contributed by atoms with E-state index in [1.54, 1.807) is 16.9 Å². The molecule has 0 amide bonds. The van der Waals surface area contributed by atoms with Crippen molar-refractivity contribution in [2.45, 2.75) is 52.1 Å². The molecule has 3 heteroatoms. The molecule has 88 valence electrons. The van der Waals surface area contributed by atoms with Gasteiger partial charge in [0.1, 0.15) is 0 Å². The fourth-order valence-electron chi connectivity index (χ4n) is 2.13. The van der Waals surface area contributed by atoms with E-state index in [4.69, 9.17) is 0 Å². The minimum atomic E-state index is 0.516. The molecule has 0 saturated heterocycles. The van der Waals surface area contributed by atoms with E-state index in [1.807, 2.05) is 5.51 Å². The Morgan fingerprint density at radius 3 is 3.00 bits per heavy atom. The maximum atomic E-state index is 4.27. The first kappa shape index (κ1) is 11.8. The van der Waals surface area contributed by atoms with Crippen LogP contribution >= 0.6 is 11.3 Å². The first-order valence-electron chi connectivity index (χ1n) is 6.08. The van der Waals surface area contributed by atoms with E-state index in [2.05, 4.69) is 30.2 Å². The van der Waals surface area contributed by atoms with Crippen LogP contribution in [0, 0.1) is 6.92 Å². The van der Waals surface area contributed by atoms with Crippen LogP contribution in [0.25, 0.3) is 0 Å². The third-order valence-electron chi connectivity index (χ3n) is 3.30. The van der Waals surface area contributed by atoms with Crippen LogP contribution in [-0.2, 0) is 6.54 Å². The largest absolute Gasteiger partial charge is 0.306 e. The first-order chi connectivity index (χ1) is 7.77. The highest BCUT2D eigenvalue weighted by Crippen LogP contribution is 2.20. The van der Waals surface area contributed by atoms with Gasteiger partial charge in [0.25, 0.3) is 0 Å². The molecule has 2 rings (SSSR count). The van der Waals surface area contributed by atoms with Crippen LogP contribution in [0.4, 0.5) is 0 Å². The lowest BCUT2D eigenvalue weighted by Crippen LogP contribution is -2.28. The quantitative estimate of drug-likeness (QED) is 0.810. The Morgan fingerprint density at radius 1 is 1.50 bits per heavy atom. The predicted octanol–water partition coefficient (Wildman–Crippen LogP) is 3.43. The summed E-state index contributed by atoms with van der Waals surface area (Å²) in [5, 5.41) is 3.60. The summed E-state index contributed by atoms with van der Waals surface area (Å²) in [5.41, 5.74) is 4.69. The van der Waals surface area contributed by atoms with Crippen LogP contribution < -0.4 is 5.32 Å². The molecule has 1 N–H and O–H groups in total. The van der Waals surface area contributed by atoms with Crippen molar-refractivity contribution in [2.24, 2.45) is 0 Å². The van der Waals surface area contributed by atoms with E-state index < -0.39 is 0 Å². The standard InChI is InChI=1S/C13H20N2S/c1-10(12-6-4-3-5-7-12)14-8-13-11(2)15-9-16-13/h6,9-10,14H,3-5,7-8H2,1-2H3. The van der Waals surface area contributed by atoms with Gasteiger partial charge in [-0.15, -0.1) is 11.3 Å². The average molecular weight is 236 g/mol. The number of aryl methyl sites for hydroxylation is 1. The van der Waals surface area contributed by atoms with Gasteiger partial charge in [0, 0.05) is 17.5 Å². The molecule has 1 aromatic rings. The van der Waals surface area contributed by atoms with Crippen molar-refractivity contribution >= 4 is 11.3 Å². The molecule has 0 fully saturated rings. The van der Waals surface area contributed by atoms with E-state index in [-0.39, 0.29) is 0 Å². The smallest absolute Gasteiger partial charge is 0.0798 e. The van der Waals surface area contributed by atoms with Crippen molar-refractivity contribution in [1.82, 2.24) is 10.3 Å². The van der Waals surface area contributed by atoms with Crippen molar-refractivity contribution in [3.8, 4) is 0 Å². The number of nitrogens with one attached hydrogen (secondary N) is 1. The van der Waals surface area contributed by atoms with Crippen LogP contribution in [0.5, 0.6) is 0 Å². The van der Waals surface area contributed by atoms with Crippen molar-refractivity contribution in [2.75, 3.05) is 0 Å². The second-order valence-electron chi connectivity index (χ2n) is 4.49. The second kappa shape index (κ2) is 5.60. The number of allylic oxidation sites excluding steroid dienone is 1. The molecule has 1 heterocycles. The number of nitrogens with zero attached hydrogens (tertiary/aromatic N) is 1. The number of hydrogen-bond acceptors (Lipinski definition) is 3. The third-order valence-corrected chi connectivity index (χ3v) is 4.23. The Morgan fingerprint density at radius 2 is 2.38 bits per heavy atom. The lowest BCUT2D eigenvalue weighted by atomic mass is 9.95. The Kier molecular flexibility index (Phi) is 4.13. The molecule has 0 saturated carbocycles. The fourth-order valence-corrected chi connectivity index (χ4v) is 2.86. The van der Waals surface area contributed by atoms with E-state index in [0.29, 0.717) is 6.04 Å². The van der Waals surface area contributed by atoms with E-state index in [9.17, 15) is 0 Å². The summed E-state index contributed by atoms with van der Waals surface area (Å²) in [6.45, 7) is 5.31. The van der Waals surface area contributed by atoms with Gasteiger partial charge in [0.2, 0.25) is 0 Å². The van der Waals surface area contributed by atoms with Crippen LogP contribution in [0.15, 0.2) is 17.2 Å². The molecular weight excluding hydrogens is 216 g/mol. The van der Waals surface area contributed by atoms with Gasteiger partial charge in [-0.1, -0.05) is 11.6 Å². The SMILES string of the molecule is Cc1ncsc1CNC(C)C1=CCCCC1. The van der Waals surface area contributed by atoms with Crippen LogP contribution in [0.1, 0.15) is 43.2 Å². The molecule has 2 nitrogen and oxygen atoms in total. The van der Waals surface area contributed by atoms with Gasteiger partial charge in [0.05, 0.1) is 11.2 Å². The topological polar surface area (TPSA) is 24.9 Å². The minimum Gasteiger partial charge on any atom is -0.306 e. The summed E-state index contributed by atoms with van der Waals surface area (Å²) in [4.78, 5) is 5.64. The van der Waals surface area contributed by atoms with Gasteiger partial charge in [-0.3, -0.25) is 0 Å². The number of thiazole rings is 1. The Labute approximate surface area is 102 Å². The maximum Gasteiger partial charge on any atom is 0.0798 e. The number of aromatic nitrogens is 1. The Balaban J connectivity index is 1.86. The molecule has 1 aliphatic rings. The first-order valence-corrected chi connectivity index (χ1v) is 6.96. The molecule has 1 aromatic heterocycles. The van der Waals surface area contributed by atoms with Crippen molar-refractivity contribution in [3.05, 3.63) is 27.7 Å². The summed E-state index contributed by atoms with van der Waals surface area (Å²) < 4.78 is 0. The third kappa shape index (κ3) is 2.92. The fraction of sp³-hybridized carbons (Fsp3) is 0.615. The van der Waals surface area contributed by atoms with E-state index >= 15 is 0 Å². The predicted molar refractivity (Wildman–Crippen MR) is 69.7 cm³/mol. The monoisotopic (exact) mass is 236 g/mol. The van der Waals surface area contributed by atoms with Crippen molar-refractivity contribution in [3.63, 3.8) is 0 Å². The second-order valence-corrected chi connectivity index (χ2v) is 5.43. The highest BCUT2D eigenvalue weighted by molar-refractivity contribution is 7.09. The molecule has 1 unspecified atom stereocenters. The average Bonchev–Trinajstić information content (AvgIpc) is 2.73. The Bertz CT molecular complexity index is 368. The molecule has 0 radical (unpaired) electrons. The zero-order chi connectivity index (χ0) is 11.4. The molecule has 1 atom stereocenters. The van der Waals surface area contributed by atoms with Gasteiger partial charge in [-0.25, -0.2) is 4.98 Å².